The van der Waals surface area contributed by atoms with Crippen LogP contribution in [0.5, 0.6) is 5.75 Å². The van der Waals surface area contributed by atoms with Gasteiger partial charge < -0.3 is 22.5 Å². The number of sulfonamides is 1. The van der Waals surface area contributed by atoms with E-state index in [1.54, 1.807) is 24.3 Å². The fourth-order valence-corrected chi connectivity index (χ4v) is 3.35. The number of primary sulfonamides is 1. The van der Waals surface area contributed by atoms with Gasteiger partial charge in [-0.1, -0.05) is 42.5 Å². The number of benzene rings is 3. The first-order chi connectivity index (χ1) is 13.9. The van der Waals surface area contributed by atoms with Crippen molar-refractivity contribution >= 4 is 10.0 Å². The Bertz CT molecular complexity index is 1040. The molecule has 0 saturated heterocycles. The highest BCUT2D eigenvalue weighted by atomic mass is 35.5. The van der Waals surface area contributed by atoms with Crippen molar-refractivity contribution < 1.29 is 30.0 Å². The van der Waals surface area contributed by atoms with E-state index in [4.69, 9.17) is 9.88 Å². The molecular weight excluding hydrogens is 427 g/mol. The summed E-state index contributed by atoms with van der Waals surface area (Å²) in [7, 11) is -3.66. The van der Waals surface area contributed by atoms with Crippen LogP contribution in [-0.2, 0) is 29.6 Å². The Balaban J connectivity index is 0.00000320. The number of halogens is 2. The van der Waals surface area contributed by atoms with E-state index in [-0.39, 0.29) is 23.1 Å². The van der Waals surface area contributed by atoms with Crippen molar-refractivity contribution in [2.45, 2.75) is 24.5 Å². The van der Waals surface area contributed by atoms with Crippen LogP contribution >= 0.6 is 0 Å². The van der Waals surface area contributed by atoms with Gasteiger partial charge in [0.2, 0.25) is 10.0 Å². The summed E-state index contributed by atoms with van der Waals surface area (Å²) >= 11 is 0. The summed E-state index contributed by atoms with van der Waals surface area (Å²) in [5.74, 6) is 0.513. The second-order valence-electron chi connectivity index (χ2n) is 6.64. The van der Waals surface area contributed by atoms with Crippen molar-refractivity contribution in [3.8, 4) is 5.75 Å². The van der Waals surface area contributed by atoms with Crippen molar-refractivity contribution in [3.63, 3.8) is 0 Å². The zero-order valence-electron chi connectivity index (χ0n) is 16.2. The molecule has 8 heteroatoms. The minimum Gasteiger partial charge on any atom is -1.00 e. The Kier molecular flexibility index (Phi) is 8.80. The van der Waals surface area contributed by atoms with Gasteiger partial charge in [-0.15, -0.1) is 0 Å². The van der Waals surface area contributed by atoms with Crippen molar-refractivity contribution in [1.29, 1.82) is 0 Å². The Labute approximate surface area is 182 Å². The third-order valence-corrected chi connectivity index (χ3v) is 5.37. The Morgan fingerprint density at radius 3 is 2.20 bits per heavy atom. The molecule has 0 atom stereocenters. The van der Waals surface area contributed by atoms with E-state index in [0.29, 0.717) is 13.2 Å². The minimum atomic E-state index is -3.66. The quantitative estimate of drug-likeness (QED) is 0.463. The number of hydrogen-bond acceptors (Lipinski definition) is 4. The van der Waals surface area contributed by atoms with E-state index >= 15 is 0 Å². The third-order valence-electron chi connectivity index (χ3n) is 4.44. The number of ether oxygens (including phenoxy) is 1. The molecule has 0 aliphatic rings. The zero-order chi connectivity index (χ0) is 20.7. The molecule has 30 heavy (non-hydrogen) atoms. The molecule has 0 radical (unpaired) electrons. The summed E-state index contributed by atoms with van der Waals surface area (Å²) in [6.07, 6.45) is 0.753. The second kappa shape index (κ2) is 11.1. The Hall–Kier alpha value is -2.45. The second-order valence-corrected chi connectivity index (χ2v) is 8.20. The predicted molar refractivity (Wildman–Crippen MR) is 110 cm³/mol. The first kappa shape index (κ1) is 23.8. The molecule has 3 N–H and O–H groups in total. The summed E-state index contributed by atoms with van der Waals surface area (Å²) < 4.78 is 41.5. The summed E-state index contributed by atoms with van der Waals surface area (Å²) in [6, 6.07) is 20.6. The van der Waals surface area contributed by atoms with Crippen LogP contribution in [0.25, 0.3) is 0 Å². The van der Waals surface area contributed by atoms with Crippen LogP contribution in [0.15, 0.2) is 77.7 Å². The summed E-state index contributed by atoms with van der Waals surface area (Å²) in [5.41, 5.74) is 2.95. The molecule has 0 fully saturated rings. The molecule has 0 spiro atoms. The van der Waals surface area contributed by atoms with Gasteiger partial charge in [-0.2, -0.15) is 0 Å². The van der Waals surface area contributed by atoms with Gasteiger partial charge in [0, 0.05) is 12.1 Å². The van der Waals surface area contributed by atoms with Crippen molar-refractivity contribution in [2.24, 2.45) is 5.14 Å². The van der Waals surface area contributed by atoms with Gasteiger partial charge in [-0.05, 0) is 54.4 Å². The molecule has 0 aliphatic carbocycles. The van der Waals surface area contributed by atoms with Gasteiger partial charge in [0.15, 0.2) is 0 Å². The van der Waals surface area contributed by atoms with E-state index in [2.05, 4.69) is 5.32 Å². The lowest BCUT2D eigenvalue weighted by Gasteiger charge is -2.12. The van der Waals surface area contributed by atoms with E-state index in [9.17, 15) is 12.8 Å². The third kappa shape index (κ3) is 7.11. The van der Waals surface area contributed by atoms with E-state index < -0.39 is 10.0 Å². The lowest BCUT2D eigenvalue weighted by molar-refractivity contribution is -0.00000945. The van der Waals surface area contributed by atoms with E-state index in [1.807, 2.05) is 24.3 Å². The lowest BCUT2D eigenvalue weighted by Crippen LogP contribution is -3.00. The minimum absolute atomic E-state index is 0. The summed E-state index contributed by atoms with van der Waals surface area (Å²) in [5, 5.41) is 8.48. The number of rotatable bonds is 9. The van der Waals surface area contributed by atoms with Crippen molar-refractivity contribution in [2.75, 3.05) is 6.54 Å². The first-order valence-corrected chi connectivity index (χ1v) is 10.7. The largest absolute Gasteiger partial charge is 1.00 e. The molecular formula is C22H23ClFN2O3S-. The zero-order valence-corrected chi connectivity index (χ0v) is 17.8. The Morgan fingerprint density at radius 1 is 0.900 bits per heavy atom. The van der Waals surface area contributed by atoms with Crippen molar-refractivity contribution in [1.82, 2.24) is 5.32 Å². The van der Waals surface area contributed by atoms with Crippen LogP contribution in [0.4, 0.5) is 4.39 Å². The van der Waals surface area contributed by atoms with Crippen LogP contribution in [-0.4, -0.2) is 15.0 Å². The highest BCUT2D eigenvalue weighted by Crippen LogP contribution is 2.19. The molecule has 0 aromatic heterocycles. The van der Waals surface area contributed by atoms with Crippen LogP contribution < -0.4 is 27.6 Å². The molecule has 0 amide bonds. The standard InChI is InChI=1S/C22H23FN2O3S.ClH/c23-20-9-5-18(6-10-20)16-28-22-4-2-1-3-19(22)15-25-14-13-17-7-11-21(12-8-17)29(24,26)27;/h1-12,25H,13-16H2,(H2,24,26,27);1H/p-1. The Morgan fingerprint density at radius 2 is 1.53 bits per heavy atom. The fourth-order valence-electron chi connectivity index (χ4n) is 2.83. The molecule has 0 unspecified atom stereocenters. The van der Waals surface area contributed by atoms with Crippen molar-refractivity contribution in [3.05, 3.63) is 95.3 Å². The SMILES string of the molecule is NS(=O)(=O)c1ccc(CCNCc2ccccc2OCc2ccc(F)cc2)cc1.[Cl-]. The summed E-state index contributed by atoms with van der Waals surface area (Å²) in [6.45, 7) is 1.73. The number of hydrogen-bond donors (Lipinski definition) is 2. The average Bonchev–Trinajstić information content (AvgIpc) is 2.71. The van der Waals surface area contributed by atoms with Gasteiger partial charge in [-0.3, -0.25) is 0 Å². The lowest BCUT2D eigenvalue weighted by atomic mass is 10.1. The normalized spacial score (nSPS) is 11.0. The molecule has 0 bridgehead atoms. The van der Waals surface area contributed by atoms with Gasteiger partial charge >= 0.3 is 0 Å². The van der Waals surface area contributed by atoms with Gasteiger partial charge in [-0.25, -0.2) is 17.9 Å². The van der Waals surface area contributed by atoms with Gasteiger partial charge in [0.1, 0.15) is 18.2 Å². The molecule has 0 saturated carbocycles. The van der Waals surface area contributed by atoms with Crippen LogP contribution in [0, 0.1) is 5.82 Å². The molecule has 3 aromatic carbocycles. The molecule has 0 aliphatic heterocycles. The fraction of sp³-hybridized carbons (Fsp3) is 0.182. The summed E-state index contributed by atoms with van der Waals surface area (Å²) in [4.78, 5) is 0.112. The van der Waals surface area contributed by atoms with Gasteiger partial charge in [0.25, 0.3) is 0 Å². The van der Waals surface area contributed by atoms with Crippen LogP contribution in [0.1, 0.15) is 16.7 Å². The van der Waals surface area contributed by atoms with Crippen LogP contribution in [0.3, 0.4) is 0 Å². The molecule has 3 rings (SSSR count). The van der Waals surface area contributed by atoms with Gasteiger partial charge in [0.05, 0.1) is 4.90 Å². The number of para-hydroxylation sites is 1. The van der Waals surface area contributed by atoms with Crippen LogP contribution in [0.2, 0.25) is 0 Å². The monoisotopic (exact) mass is 449 g/mol. The maximum absolute atomic E-state index is 13.0. The number of nitrogens with one attached hydrogen (secondary N) is 1. The highest BCUT2D eigenvalue weighted by molar-refractivity contribution is 7.89. The molecule has 3 aromatic rings. The maximum atomic E-state index is 13.0. The smallest absolute Gasteiger partial charge is 0.238 e. The average molecular weight is 450 g/mol. The van der Waals surface area contributed by atoms with E-state index in [1.165, 1.54) is 24.3 Å². The topological polar surface area (TPSA) is 81.4 Å². The molecule has 160 valence electrons. The predicted octanol–water partition coefficient (Wildman–Crippen LogP) is 0.388. The molecule has 0 heterocycles. The first-order valence-electron chi connectivity index (χ1n) is 9.19. The maximum Gasteiger partial charge on any atom is 0.238 e. The highest BCUT2D eigenvalue weighted by Gasteiger charge is 2.07. The number of nitrogens with two attached hydrogens (primary N) is 1. The molecule has 5 nitrogen and oxygen atoms in total. The van der Waals surface area contributed by atoms with E-state index in [0.717, 1.165) is 35.4 Å².